The van der Waals surface area contributed by atoms with E-state index in [0.717, 1.165) is 41.2 Å². The van der Waals surface area contributed by atoms with Gasteiger partial charge in [-0.15, -0.1) is 5.10 Å². The number of benzene rings is 1. The fourth-order valence-electron chi connectivity index (χ4n) is 6.03. The van der Waals surface area contributed by atoms with E-state index in [1.54, 1.807) is 6.20 Å². The van der Waals surface area contributed by atoms with Crippen molar-refractivity contribution in [2.45, 2.75) is 44.9 Å². The molecule has 1 N–H and O–H groups in total. The van der Waals surface area contributed by atoms with Crippen LogP contribution in [0.4, 0.5) is 8.78 Å². The lowest BCUT2D eigenvalue weighted by Gasteiger charge is -2.37. The van der Waals surface area contributed by atoms with E-state index in [4.69, 9.17) is 4.98 Å². The third-order valence-electron chi connectivity index (χ3n) is 7.65. The van der Waals surface area contributed by atoms with E-state index in [2.05, 4.69) is 39.2 Å². The van der Waals surface area contributed by atoms with Gasteiger partial charge in [-0.2, -0.15) is 10.2 Å². The Balaban J connectivity index is 1.53. The maximum absolute atomic E-state index is 14.4. The van der Waals surface area contributed by atoms with Crippen molar-refractivity contribution in [3.8, 4) is 22.6 Å². The van der Waals surface area contributed by atoms with Crippen molar-refractivity contribution in [3.63, 3.8) is 0 Å². The minimum Gasteiger partial charge on any atom is -0.263 e. The Hall–Kier alpha value is -3.55. The number of aromatic amines is 1. The van der Waals surface area contributed by atoms with Gasteiger partial charge < -0.3 is 0 Å². The van der Waals surface area contributed by atoms with Gasteiger partial charge in [0, 0.05) is 11.8 Å². The van der Waals surface area contributed by atoms with E-state index in [1.807, 2.05) is 25.1 Å². The summed E-state index contributed by atoms with van der Waals surface area (Å²) in [7, 11) is 0. The van der Waals surface area contributed by atoms with Crippen LogP contribution < -0.4 is 0 Å². The zero-order valence-corrected chi connectivity index (χ0v) is 18.5. The fraction of sp³-hybridized carbons (Fsp3) is 0.320. The van der Waals surface area contributed by atoms with Crippen LogP contribution in [-0.2, 0) is 5.41 Å². The highest BCUT2D eigenvalue weighted by atomic mass is 19.1. The number of H-pyrrole nitrogens is 1. The number of halogens is 2. The molecule has 4 aromatic rings. The highest BCUT2D eigenvalue weighted by Crippen LogP contribution is 2.69. The zero-order valence-electron chi connectivity index (χ0n) is 18.5. The van der Waals surface area contributed by atoms with Crippen LogP contribution in [0.3, 0.4) is 0 Å². The summed E-state index contributed by atoms with van der Waals surface area (Å²) in [5.41, 5.74) is 3.06. The molecule has 2 bridgehead atoms. The quantitative estimate of drug-likeness (QED) is 0.475. The van der Waals surface area contributed by atoms with Gasteiger partial charge in [-0.25, -0.2) is 13.8 Å². The van der Waals surface area contributed by atoms with Crippen molar-refractivity contribution in [3.05, 3.63) is 77.0 Å². The molecule has 8 heteroatoms. The van der Waals surface area contributed by atoms with Gasteiger partial charge in [0.05, 0.1) is 28.1 Å². The molecule has 166 valence electrons. The second-order valence-corrected chi connectivity index (χ2v) is 9.52. The first-order valence-electron chi connectivity index (χ1n) is 11.0. The van der Waals surface area contributed by atoms with E-state index in [9.17, 15) is 8.78 Å². The van der Waals surface area contributed by atoms with Gasteiger partial charge >= 0.3 is 0 Å². The van der Waals surface area contributed by atoms with Crippen LogP contribution in [0.2, 0.25) is 0 Å². The van der Waals surface area contributed by atoms with Gasteiger partial charge in [-0.05, 0) is 67.0 Å². The number of hydrogen-bond acceptors (Lipinski definition) is 5. The molecular weight excluding hydrogens is 422 g/mol. The van der Waals surface area contributed by atoms with Crippen LogP contribution >= 0.6 is 0 Å². The molecule has 3 heterocycles. The van der Waals surface area contributed by atoms with Crippen molar-refractivity contribution in [1.82, 2.24) is 30.4 Å². The molecular formula is C25H22F2N6. The van der Waals surface area contributed by atoms with Gasteiger partial charge in [0.1, 0.15) is 17.5 Å². The highest BCUT2D eigenvalue weighted by Gasteiger charge is 2.65. The summed E-state index contributed by atoms with van der Waals surface area (Å²) in [5, 5.41) is 16.1. The third kappa shape index (κ3) is 2.60. The molecule has 0 amide bonds. The van der Waals surface area contributed by atoms with Crippen molar-refractivity contribution in [1.29, 1.82) is 0 Å². The van der Waals surface area contributed by atoms with Gasteiger partial charge in [0.25, 0.3) is 0 Å². The molecule has 6 rings (SSSR count). The second-order valence-electron chi connectivity index (χ2n) is 9.52. The molecule has 0 radical (unpaired) electrons. The predicted octanol–water partition coefficient (Wildman–Crippen LogP) is 5.11. The summed E-state index contributed by atoms with van der Waals surface area (Å²) in [6.45, 7) is 6.31. The minimum absolute atomic E-state index is 0.137. The lowest BCUT2D eigenvalue weighted by atomic mass is 9.66. The minimum atomic E-state index is -0.641. The first-order chi connectivity index (χ1) is 15.8. The van der Waals surface area contributed by atoms with Gasteiger partial charge in [0.15, 0.2) is 5.82 Å². The summed E-state index contributed by atoms with van der Waals surface area (Å²) in [4.78, 5) is 9.23. The Kier molecular flexibility index (Phi) is 4.09. The number of aryl methyl sites for hydroxylation is 1. The van der Waals surface area contributed by atoms with Crippen molar-refractivity contribution in [2.24, 2.45) is 5.41 Å². The standard InChI is InChI=1S/C25H22F2N6/c1-13-29-23(33-30-13)14-8-10-28-20(11-14)25-9-7-16(24(25,2)3)15-12-19(31-32-22(15)25)21-17(26)5-4-6-18(21)27/h4-6,8,10-12,16H,7,9H2,1-3H3,(H,29,30,33)/t16-,25-/m0/s1. The molecule has 1 fully saturated rings. The summed E-state index contributed by atoms with van der Waals surface area (Å²) >= 11 is 0. The number of aromatic nitrogens is 6. The highest BCUT2D eigenvalue weighted by molar-refractivity contribution is 5.65. The number of rotatable bonds is 3. The van der Waals surface area contributed by atoms with E-state index in [0.29, 0.717) is 5.82 Å². The number of nitrogens with one attached hydrogen (secondary N) is 1. The molecule has 2 aliphatic carbocycles. The van der Waals surface area contributed by atoms with Gasteiger partial charge in [-0.3, -0.25) is 10.1 Å². The normalized spacial score (nSPS) is 22.5. The van der Waals surface area contributed by atoms with E-state index in [-0.39, 0.29) is 22.6 Å². The molecule has 0 saturated heterocycles. The SMILES string of the molecule is Cc1nc(-c2ccnc([C@@]34CC[C@@H](c5cc(-c6c(F)cccc6F)nnc53)C4(C)C)c2)n[nH]1. The monoisotopic (exact) mass is 444 g/mol. The molecule has 3 aromatic heterocycles. The maximum atomic E-state index is 14.4. The predicted molar refractivity (Wildman–Crippen MR) is 118 cm³/mol. The number of hydrogen-bond donors (Lipinski definition) is 1. The lowest BCUT2D eigenvalue weighted by molar-refractivity contribution is 0.243. The summed E-state index contributed by atoms with van der Waals surface area (Å²) in [6, 6.07) is 9.58. The van der Waals surface area contributed by atoms with Crippen LogP contribution in [0.5, 0.6) is 0 Å². The van der Waals surface area contributed by atoms with Gasteiger partial charge in [0.2, 0.25) is 0 Å². The molecule has 1 saturated carbocycles. The summed E-state index contributed by atoms with van der Waals surface area (Å²) in [5.74, 6) is 0.269. The Morgan fingerprint density at radius 3 is 2.58 bits per heavy atom. The number of nitrogens with zero attached hydrogens (tertiary/aromatic N) is 5. The van der Waals surface area contributed by atoms with Crippen molar-refractivity contribution < 1.29 is 8.78 Å². The Bertz CT molecular complexity index is 1390. The van der Waals surface area contributed by atoms with Crippen LogP contribution in [0.25, 0.3) is 22.6 Å². The van der Waals surface area contributed by atoms with Crippen LogP contribution in [0.1, 0.15) is 55.4 Å². The first kappa shape index (κ1) is 20.1. The first-order valence-corrected chi connectivity index (χ1v) is 11.0. The number of pyridine rings is 1. The molecule has 2 aliphatic rings. The fourth-order valence-corrected chi connectivity index (χ4v) is 6.03. The Morgan fingerprint density at radius 1 is 1.06 bits per heavy atom. The Morgan fingerprint density at radius 2 is 1.85 bits per heavy atom. The van der Waals surface area contributed by atoms with E-state index >= 15 is 0 Å². The van der Waals surface area contributed by atoms with Crippen molar-refractivity contribution >= 4 is 0 Å². The topological polar surface area (TPSA) is 80.2 Å². The van der Waals surface area contributed by atoms with E-state index < -0.39 is 17.0 Å². The van der Waals surface area contributed by atoms with Crippen LogP contribution in [0, 0.1) is 24.0 Å². The Labute approximate surface area is 189 Å². The number of fused-ring (bicyclic) bond motifs is 5. The third-order valence-corrected chi connectivity index (χ3v) is 7.65. The van der Waals surface area contributed by atoms with Crippen LogP contribution in [0.15, 0.2) is 42.6 Å². The second kappa shape index (κ2) is 6.73. The van der Waals surface area contributed by atoms with E-state index in [1.165, 1.54) is 18.2 Å². The van der Waals surface area contributed by atoms with Gasteiger partial charge in [-0.1, -0.05) is 19.9 Å². The average Bonchev–Trinajstić information content (AvgIpc) is 3.40. The maximum Gasteiger partial charge on any atom is 0.181 e. The molecule has 1 aromatic carbocycles. The largest absolute Gasteiger partial charge is 0.263 e. The molecule has 2 atom stereocenters. The smallest absolute Gasteiger partial charge is 0.181 e. The molecule has 33 heavy (non-hydrogen) atoms. The average molecular weight is 444 g/mol. The molecule has 0 unspecified atom stereocenters. The zero-order chi connectivity index (χ0) is 23.0. The summed E-state index contributed by atoms with van der Waals surface area (Å²) < 4.78 is 28.9. The molecule has 0 spiro atoms. The van der Waals surface area contributed by atoms with Crippen LogP contribution in [-0.4, -0.2) is 30.4 Å². The molecule has 6 nitrogen and oxygen atoms in total. The molecule has 0 aliphatic heterocycles. The summed E-state index contributed by atoms with van der Waals surface area (Å²) in [6.07, 6.45) is 3.60. The lowest BCUT2D eigenvalue weighted by Crippen LogP contribution is -2.37. The van der Waals surface area contributed by atoms with Crippen molar-refractivity contribution in [2.75, 3.05) is 0 Å².